The van der Waals surface area contributed by atoms with E-state index in [0.29, 0.717) is 13.0 Å². The van der Waals surface area contributed by atoms with Crippen molar-refractivity contribution in [3.8, 4) is 0 Å². The molecule has 18 heavy (non-hydrogen) atoms. The number of rotatable bonds is 5. The van der Waals surface area contributed by atoms with Crippen molar-refractivity contribution in [2.24, 2.45) is 11.8 Å². The van der Waals surface area contributed by atoms with E-state index in [9.17, 15) is 18.7 Å². The highest BCUT2D eigenvalue weighted by Crippen LogP contribution is 2.36. The first-order chi connectivity index (χ1) is 8.32. The Labute approximate surface area is 107 Å². The van der Waals surface area contributed by atoms with Crippen LogP contribution in [-0.2, 0) is 4.79 Å². The Morgan fingerprint density at radius 3 is 2.44 bits per heavy atom. The Kier molecular flexibility index (Phi) is 5.50. The van der Waals surface area contributed by atoms with E-state index in [1.54, 1.807) is 0 Å². The minimum atomic E-state index is -2.59. The average molecular weight is 263 g/mol. The molecular weight excluding hydrogens is 240 g/mol. The second-order valence-electron chi connectivity index (χ2n) is 5.52. The van der Waals surface area contributed by atoms with Crippen LogP contribution in [0.4, 0.5) is 8.78 Å². The number of amides is 1. The molecule has 2 N–H and O–H groups in total. The first kappa shape index (κ1) is 15.3. The van der Waals surface area contributed by atoms with Gasteiger partial charge in [-0.1, -0.05) is 13.8 Å². The molecule has 1 unspecified atom stereocenters. The normalized spacial score (nSPS) is 21.9. The molecule has 1 fully saturated rings. The zero-order valence-electron chi connectivity index (χ0n) is 11.1. The molecule has 1 amide bonds. The fraction of sp³-hybridized carbons (Fsp3) is 0.923. The minimum Gasteiger partial charge on any atom is -0.393 e. The summed E-state index contributed by atoms with van der Waals surface area (Å²) in [5, 5.41) is 12.3. The summed E-state index contributed by atoms with van der Waals surface area (Å²) in [5.74, 6) is -2.87. The summed E-state index contributed by atoms with van der Waals surface area (Å²) in [6.45, 7) is 4.23. The highest BCUT2D eigenvalue weighted by molar-refractivity contribution is 5.78. The third-order valence-corrected chi connectivity index (χ3v) is 3.60. The van der Waals surface area contributed by atoms with Crippen LogP contribution >= 0.6 is 0 Å². The van der Waals surface area contributed by atoms with Crippen LogP contribution in [0, 0.1) is 11.8 Å². The van der Waals surface area contributed by atoms with Crippen LogP contribution in [-0.4, -0.2) is 29.6 Å². The number of aliphatic hydroxyl groups is 1. The van der Waals surface area contributed by atoms with E-state index in [1.807, 2.05) is 13.8 Å². The predicted octanol–water partition coefficient (Wildman–Crippen LogP) is 2.34. The van der Waals surface area contributed by atoms with Crippen molar-refractivity contribution < 1.29 is 18.7 Å². The molecule has 1 aliphatic rings. The molecule has 5 heteroatoms. The monoisotopic (exact) mass is 263 g/mol. The van der Waals surface area contributed by atoms with Crippen LogP contribution in [0.2, 0.25) is 0 Å². The van der Waals surface area contributed by atoms with Crippen LogP contribution < -0.4 is 5.32 Å². The third kappa shape index (κ3) is 4.88. The van der Waals surface area contributed by atoms with Gasteiger partial charge in [-0.05, 0) is 25.2 Å². The fourth-order valence-corrected chi connectivity index (χ4v) is 2.12. The summed E-state index contributed by atoms with van der Waals surface area (Å²) in [6.07, 6.45) is 0.198. The Bertz CT molecular complexity index is 272. The summed E-state index contributed by atoms with van der Waals surface area (Å²) >= 11 is 0. The lowest BCUT2D eigenvalue weighted by Crippen LogP contribution is -2.37. The number of nitrogens with one attached hydrogen (secondary N) is 1. The van der Waals surface area contributed by atoms with Crippen molar-refractivity contribution in [2.45, 2.75) is 58.0 Å². The van der Waals surface area contributed by atoms with Gasteiger partial charge in [0.1, 0.15) is 0 Å². The minimum absolute atomic E-state index is 0.151. The van der Waals surface area contributed by atoms with E-state index in [2.05, 4.69) is 5.32 Å². The maximum atomic E-state index is 12.9. The number of carbonyl (C=O) groups is 1. The Morgan fingerprint density at radius 2 is 1.94 bits per heavy atom. The Hall–Kier alpha value is -0.710. The van der Waals surface area contributed by atoms with Crippen molar-refractivity contribution in [3.05, 3.63) is 0 Å². The maximum absolute atomic E-state index is 12.9. The summed E-state index contributed by atoms with van der Waals surface area (Å²) in [7, 11) is 0. The molecule has 0 aliphatic heterocycles. The van der Waals surface area contributed by atoms with E-state index in [4.69, 9.17) is 0 Å². The molecule has 0 spiro atoms. The summed E-state index contributed by atoms with van der Waals surface area (Å²) in [5.41, 5.74) is 0. The Balaban J connectivity index is 2.22. The molecule has 0 aromatic carbocycles. The standard InChI is InChI=1S/C13H23F2NO2/c1-9(2)11(17)5-8-16-12(18)10-3-6-13(14,15)7-4-10/h9-11,17H,3-8H2,1-2H3,(H,16,18). The molecule has 0 aromatic rings. The molecule has 1 aliphatic carbocycles. The lowest BCUT2D eigenvalue weighted by molar-refractivity contribution is -0.129. The molecule has 0 saturated heterocycles. The van der Waals surface area contributed by atoms with Gasteiger partial charge in [0.2, 0.25) is 11.8 Å². The van der Waals surface area contributed by atoms with E-state index >= 15 is 0 Å². The van der Waals surface area contributed by atoms with Gasteiger partial charge in [-0.25, -0.2) is 8.78 Å². The molecule has 0 aromatic heterocycles. The number of hydrogen-bond acceptors (Lipinski definition) is 2. The smallest absolute Gasteiger partial charge is 0.248 e. The predicted molar refractivity (Wildman–Crippen MR) is 65.4 cm³/mol. The van der Waals surface area contributed by atoms with Gasteiger partial charge in [0.15, 0.2) is 0 Å². The van der Waals surface area contributed by atoms with Crippen LogP contribution in [0.5, 0.6) is 0 Å². The van der Waals surface area contributed by atoms with E-state index in [-0.39, 0.29) is 43.4 Å². The summed E-state index contributed by atoms with van der Waals surface area (Å²) in [6, 6.07) is 0. The van der Waals surface area contributed by atoms with E-state index in [0.717, 1.165) is 0 Å². The van der Waals surface area contributed by atoms with Gasteiger partial charge in [0.25, 0.3) is 0 Å². The van der Waals surface area contributed by atoms with Crippen molar-refractivity contribution in [2.75, 3.05) is 6.54 Å². The van der Waals surface area contributed by atoms with Crippen LogP contribution in [0.1, 0.15) is 46.0 Å². The van der Waals surface area contributed by atoms with Crippen LogP contribution in [0.3, 0.4) is 0 Å². The van der Waals surface area contributed by atoms with Gasteiger partial charge < -0.3 is 10.4 Å². The molecule has 1 rings (SSSR count). The van der Waals surface area contributed by atoms with E-state index < -0.39 is 12.0 Å². The van der Waals surface area contributed by atoms with E-state index in [1.165, 1.54) is 0 Å². The molecule has 1 atom stereocenters. The molecular formula is C13H23F2NO2. The topological polar surface area (TPSA) is 49.3 Å². The lowest BCUT2D eigenvalue weighted by atomic mass is 9.86. The number of aliphatic hydroxyl groups excluding tert-OH is 1. The van der Waals surface area contributed by atoms with Gasteiger partial charge >= 0.3 is 0 Å². The first-order valence-electron chi connectivity index (χ1n) is 6.65. The zero-order chi connectivity index (χ0) is 13.8. The quantitative estimate of drug-likeness (QED) is 0.800. The highest BCUT2D eigenvalue weighted by Gasteiger charge is 2.37. The summed E-state index contributed by atoms with van der Waals surface area (Å²) < 4.78 is 25.8. The van der Waals surface area contributed by atoms with Crippen molar-refractivity contribution >= 4 is 5.91 Å². The summed E-state index contributed by atoms with van der Waals surface area (Å²) in [4.78, 5) is 11.7. The number of alkyl halides is 2. The first-order valence-corrected chi connectivity index (χ1v) is 6.65. The molecule has 3 nitrogen and oxygen atoms in total. The number of carbonyl (C=O) groups excluding carboxylic acids is 1. The van der Waals surface area contributed by atoms with Gasteiger partial charge in [0.05, 0.1) is 6.10 Å². The van der Waals surface area contributed by atoms with Crippen molar-refractivity contribution in [1.29, 1.82) is 0 Å². The lowest BCUT2D eigenvalue weighted by Gasteiger charge is -2.27. The molecule has 0 radical (unpaired) electrons. The highest BCUT2D eigenvalue weighted by atomic mass is 19.3. The van der Waals surface area contributed by atoms with Gasteiger partial charge in [-0.15, -0.1) is 0 Å². The number of hydrogen-bond donors (Lipinski definition) is 2. The average Bonchev–Trinajstić information content (AvgIpc) is 2.28. The van der Waals surface area contributed by atoms with Crippen LogP contribution in [0.15, 0.2) is 0 Å². The molecule has 106 valence electrons. The molecule has 1 saturated carbocycles. The molecule has 0 bridgehead atoms. The number of halogens is 2. The molecule has 0 heterocycles. The van der Waals surface area contributed by atoms with Gasteiger partial charge in [-0.2, -0.15) is 0 Å². The van der Waals surface area contributed by atoms with Crippen molar-refractivity contribution in [1.82, 2.24) is 5.32 Å². The second-order valence-corrected chi connectivity index (χ2v) is 5.52. The van der Waals surface area contributed by atoms with Gasteiger partial charge in [-0.3, -0.25) is 4.79 Å². The second kappa shape index (κ2) is 6.45. The fourth-order valence-electron chi connectivity index (χ4n) is 2.12. The Morgan fingerprint density at radius 1 is 1.39 bits per heavy atom. The zero-order valence-corrected chi connectivity index (χ0v) is 11.1. The van der Waals surface area contributed by atoms with Crippen LogP contribution in [0.25, 0.3) is 0 Å². The maximum Gasteiger partial charge on any atom is 0.248 e. The van der Waals surface area contributed by atoms with Crippen molar-refractivity contribution in [3.63, 3.8) is 0 Å². The third-order valence-electron chi connectivity index (χ3n) is 3.60. The van der Waals surface area contributed by atoms with Gasteiger partial charge in [0, 0.05) is 25.3 Å². The SMILES string of the molecule is CC(C)C(O)CCNC(=O)C1CCC(F)(F)CC1. The largest absolute Gasteiger partial charge is 0.393 e.